The fourth-order valence-corrected chi connectivity index (χ4v) is 1.83. The van der Waals surface area contributed by atoms with Crippen LogP contribution in [0.4, 0.5) is 0 Å². The molecule has 0 aromatic carbocycles. The summed E-state index contributed by atoms with van der Waals surface area (Å²) in [5, 5.41) is 1.97. The van der Waals surface area contributed by atoms with Gasteiger partial charge in [-0.05, 0) is 32.2 Å². The predicted octanol–water partition coefficient (Wildman–Crippen LogP) is 1.46. The molecule has 16 heavy (non-hydrogen) atoms. The Morgan fingerprint density at radius 1 is 1.62 bits per heavy atom. The van der Waals surface area contributed by atoms with Crippen LogP contribution in [0.5, 0.6) is 0 Å². The van der Waals surface area contributed by atoms with Gasteiger partial charge in [-0.2, -0.15) is 5.48 Å². The second-order valence-electron chi connectivity index (χ2n) is 4.57. The molecule has 0 spiro atoms. The van der Waals surface area contributed by atoms with Gasteiger partial charge < -0.3 is 5.73 Å². The molecule has 0 radical (unpaired) electrons. The van der Waals surface area contributed by atoms with E-state index in [1.807, 2.05) is 38.3 Å². The minimum atomic E-state index is -0.488. The summed E-state index contributed by atoms with van der Waals surface area (Å²) >= 11 is 1.60. The highest BCUT2D eigenvalue weighted by Crippen LogP contribution is 2.12. The summed E-state index contributed by atoms with van der Waals surface area (Å²) in [6.07, 6.45) is 0.559. The number of amides is 1. The van der Waals surface area contributed by atoms with Crippen LogP contribution in [0.15, 0.2) is 17.5 Å². The van der Waals surface area contributed by atoms with Gasteiger partial charge in [0.15, 0.2) is 0 Å². The van der Waals surface area contributed by atoms with Gasteiger partial charge in [-0.25, -0.2) is 0 Å². The summed E-state index contributed by atoms with van der Waals surface area (Å²) in [7, 11) is 0. The van der Waals surface area contributed by atoms with Crippen LogP contribution < -0.4 is 11.2 Å². The lowest BCUT2D eigenvalue weighted by Gasteiger charge is -2.23. The standard InChI is InChI=1S/C11H18N2O2S/c1-11(2,3)15-13-9(10(12)14)7-8-5-4-6-16-8/h4-6,9,13H,7H2,1-3H3,(H2,12,14)/t9-/m1/s1. The Hall–Kier alpha value is -0.910. The van der Waals surface area contributed by atoms with E-state index < -0.39 is 11.9 Å². The first-order valence-corrected chi connectivity index (χ1v) is 6.02. The lowest BCUT2D eigenvalue weighted by molar-refractivity contribution is -0.131. The van der Waals surface area contributed by atoms with Crippen LogP contribution in [0.1, 0.15) is 25.6 Å². The summed E-state index contributed by atoms with van der Waals surface area (Å²) in [4.78, 5) is 17.7. The average molecular weight is 242 g/mol. The number of rotatable bonds is 5. The van der Waals surface area contributed by atoms with Crippen molar-refractivity contribution in [2.75, 3.05) is 0 Å². The van der Waals surface area contributed by atoms with E-state index >= 15 is 0 Å². The van der Waals surface area contributed by atoms with Crippen molar-refractivity contribution < 1.29 is 9.63 Å². The molecule has 1 aromatic heterocycles. The van der Waals surface area contributed by atoms with Gasteiger partial charge in [-0.3, -0.25) is 9.63 Å². The van der Waals surface area contributed by atoms with E-state index in [2.05, 4.69) is 5.48 Å². The van der Waals surface area contributed by atoms with E-state index in [-0.39, 0.29) is 5.60 Å². The first-order chi connectivity index (χ1) is 7.38. The highest BCUT2D eigenvalue weighted by Gasteiger charge is 2.20. The molecule has 5 heteroatoms. The van der Waals surface area contributed by atoms with Gasteiger partial charge >= 0.3 is 0 Å². The second-order valence-corrected chi connectivity index (χ2v) is 5.60. The van der Waals surface area contributed by atoms with Crippen molar-refractivity contribution in [3.8, 4) is 0 Å². The van der Waals surface area contributed by atoms with Crippen molar-refractivity contribution in [2.45, 2.75) is 38.8 Å². The number of hydroxylamine groups is 1. The molecule has 0 aliphatic rings. The number of carbonyl (C=O) groups excluding carboxylic acids is 1. The van der Waals surface area contributed by atoms with Gasteiger partial charge in [0.05, 0.1) is 5.60 Å². The maximum atomic E-state index is 11.2. The van der Waals surface area contributed by atoms with Crippen LogP contribution in [0.2, 0.25) is 0 Å². The molecule has 4 nitrogen and oxygen atoms in total. The van der Waals surface area contributed by atoms with Crippen molar-refractivity contribution in [1.82, 2.24) is 5.48 Å². The Morgan fingerprint density at radius 3 is 2.75 bits per heavy atom. The molecule has 0 aliphatic heterocycles. The molecule has 1 aromatic rings. The zero-order chi connectivity index (χ0) is 12.2. The Morgan fingerprint density at radius 2 is 2.31 bits per heavy atom. The largest absolute Gasteiger partial charge is 0.368 e. The molecule has 0 fully saturated rings. The lowest BCUT2D eigenvalue weighted by atomic mass is 10.2. The Labute approximate surface area is 99.7 Å². The summed E-state index contributed by atoms with van der Waals surface area (Å²) in [6.45, 7) is 5.72. The minimum Gasteiger partial charge on any atom is -0.368 e. The van der Waals surface area contributed by atoms with E-state index in [9.17, 15) is 4.79 Å². The summed E-state index contributed by atoms with van der Waals surface area (Å²) < 4.78 is 0. The maximum absolute atomic E-state index is 11.2. The minimum absolute atomic E-state index is 0.344. The average Bonchev–Trinajstić information content (AvgIpc) is 2.62. The number of hydrogen-bond acceptors (Lipinski definition) is 4. The summed E-state index contributed by atoms with van der Waals surface area (Å²) in [5.41, 5.74) is 7.69. The zero-order valence-electron chi connectivity index (χ0n) is 9.82. The van der Waals surface area contributed by atoms with Crippen LogP contribution in [0.3, 0.4) is 0 Å². The second kappa shape index (κ2) is 5.43. The van der Waals surface area contributed by atoms with Crippen LogP contribution in [0, 0.1) is 0 Å². The maximum Gasteiger partial charge on any atom is 0.237 e. The molecule has 0 bridgehead atoms. The first-order valence-electron chi connectivity index (χ1n) is 5.14. The number of thiophene rings is 1. The van der Waals surface area contributed by atoms with Crippen LogP contribution in [0.25, 0.3) is 0 Å². The van der Waals surface area contributed by atoms with Gasteiger partial charge in [-0.1, -0.05) is 6.07 Å². The molecule has 1 amide bonds. The van der Waals surface area contributed by atoms with E-state index in [1.165, 1.54) is 0 Å². The molecule has 1 atom stereocenters. The Kier molecular flexibility index (Phi) is 4.46. The van der Waals surface area contributed by atoms with E-state index in [1.54, 1.807) is 11.3 Å². The van der Waals surface area contributed by atoms with Crippen molar-refractivity contribution in [2.24, 2.45) is 5.73 Å². The molecule has 3 N–H and O–H groups in total. The van der Waals surface area contributed by atoms with Crippen molar-refractivity contribution >= 4 is 17.2 Å². The fourth-order valence-electron chi connectivity index (χ4n) is 1.08. The third kappa shape index (κ3) is 4.74. The van der Waals surface area contributed by atoms with Crippen molar-refractivity contribution in [1.29, 1.82) is 0 Å². The third-order valence-electron chi connectivity index (χ3n) is 1.84. The number of primary amides is 1. The molecule has 0 aliphatic carbocycles. The molecule has 1 heterocycles. The first kappa shape index (κ1) is 13.2. The molecule has 90 valence electrons. The summed E-state index contributed by atoms with van der Waals surface area (Å²) in [5.74, 6) is -0.405. The van der Waals surface area contributed by atoms with Gasteiger partial charge in [0.1, 0.15) is 6.04 Å². The van der Waals surface area contributed by atoms with Crippen LogP contribution >= 0.6 is 11.3 Å². The third-order valence-corrected chi connectivity index (χ3v) is 2.73. The Balaban J connectivity index is 2.52. The van der Waals surface area contributed by atoms with Gasteiger partial charge in [0, 0.05) is 11.3 Å². The number of carbonyl (C=O) groups is 1. The van der Waals surface area contributed by atoms with Crippen molar-refractivity contribution in [3.63, 3.8) is 0 Å². The van der Waals surface area contributed by atoms with E-state index in [4.69, 9.17) is 10.6 Å². The van der Waals surface area contributed by atoms with Gasteiger partial charge in [0.25, 0.3) is 0 Å². The van der Waals surface area contributed by atoms with E-state index in [0.29, 0.717) is 6.42 Å². The zero-order valence-corrected chi connectivity index (χ0v) is 10.6. The number of nitrogens with one attached hydrogen (secondary N) is 1. The van der Waals surface area contributed by atoms with Crippen LogP contribution in [-0.4, -0.2) is 17.6 Å². The predicted molar refractivity (Wildman–Crippen MR) is 65.0 cm³/mol. The smallest absolute Gasteiger partial charge is 0.237 e. The SMILES string of the molecule is CC(C)(C)ON[C@H](Cc1cccs1)C(N)=O. The molecule has 1 rings (SSSR count). The highest BCUT2D eigenvalue weighted by atomic mass is 32.1. The molecule has 0 unspecified atom stereocenters. The molecule has 0 saturated heterocycles. The van der Waals surface area contributed by atoms with Crippen LogP contribution in [-0.2, 0) is 16.1 Å². The normalized spacial score (nSPS) is 13.7. The highest BCUT2D eigenvalue weighted by molar-refractivity contribution is 7.09. The molecular formula is C11H18N2O2S. The number of nitrogens with two attached hydrogens (primary N) is 1. The van der Waals surface area contributed by atoms with Crippen molar-refractivity contribution in [3.05, 3.63) is 22.4 Å². The molecule has 0 saturated carbocycles. The fraction of sp³-hybridized carbons (Fsp3) is 0.545. The van der Waals surface area contributed by atoms with Gasteiger partial charge in [0.2, 0.25) is 5.91 Å². The summed E-state index contributed by atoms with van der Waals surface area (Å²) in [6, 6.07) is 3.43. The Bertz CT molecular complexity index is 330. The van der Waals surface area contributed by atoms with E-state index in [0.717, 1.165) is 4.88 Å². The molecular weight excluding hydrogens is 224 g/mol. The quantitative estimate of drug-likeness (QED) is 0.768. The van der Waals surface area contributed by atoms with Gasteiger partial charge in [-0.15, -0.1) is 11.3 Å². The topological polar surface area (TPSA) is 64.3 Å². The number of hydrogen-bond donors (Lipinski definition) is 2. The monoisotopic (exact) mass is 242 g/mol. The lowest BCUT2D eigenvalue weighted by Crippen LogP contribution is -2.45.